The van der Waals surface area contributed by atoms with Crippen molar-refractivity contribution in [1.82, 2.24) is 9.88 Å². The van der Waals surface area contributed by atoms with Gasteiger partial charge in [0.2, 0.25) is 5.78 Å². The molecule has 23 heavy (non-hydrogen) atoms. The van der Waals surface area contributed by atoms with Gasteiger partial charge in [0.05, 0.1) is 19.2 Å². The fraction of sp³-hybridized carbons (Fsp3) is 0.647. The molecule has 0 spiro atoms. The van der Waals surface area contributed by atoms with Crippen molar-refractivity contribution < 1.29 is 19.2 Å². The number of aromatic nitrogens is 1. The molecule has 6 heteroatoms. The van der Waals surface area contributed by atoms with Crippen LogP contribution >= 0.6 is 0 Å². The lowest BCUT2D eigenvalue weighted by atomic mass is 10.1. The highest BCUT2D eigenvalue weighted by atomic mass is 16.5. The van der Waals surface area contributed by atoms with Crippen LogP contribution in [0.3, 0.4) is 0 Å². The van der Waals surface area contributed by atoms with Crippen molar-refractivity contribution in [3.63, 3.8) is 0 Å². The molecule has 0 aliphatic carbocycles. The van der Waals surface area contributed by atoms with Crippen LogP contribution < -0.4 is 10.2 Å². The van der Waals surface area contributed by atoms with E-state index in [2.05, 4.69) is 9.88 Å². The summed E-state index contributed by atoms with van der Waals surface area (Å²) in [6.45, 7) is 7.96. The smallest absolute Gasteiger partial charge is 0.275 e. The van der Waals surface area contributed by atoms with Gasteiger partial charge in [-0.05, 0) is 32.8 Å². The van der Waals surface area contributed by atoms with E-state index >= 15 is 0 Å². The number of ether oxygens (including phenoxy) is 1. The fourth-order valence-corrected chi connectivity index (χ4v) is 3.59. The zero-order chi connectivity index (χ0) is 16.4. The Bertz CT molecular complexity index is 602. The number of nitrogens with zero attached hydrogens (tertiary/aromatic N) is 1. The minimum absolute atomic E-state index is 0.0305. The van der Waals surface area contributed by atoms with Crippen molar-refractivity contribution >= 4 is 11.7 Å². The standard InChI is InChI=1S/C17H25N3O3/c1-12-8-15(13(2)20(12)9-14-4-3-7-23-14)16(21)10-19-6-5-18-17(22)11-19/h8,14H,3-7,9-11H2,1-2H3,(H,18,22)/p+1/t14-/m0/s1. The van der Waals surface area contributed by atoms with E-state index < -0.39 is 0 Å². The molecule has 6 nitrogen and oxygen atoms in total. The number of hydrogen-bond acceptors (Lipinski definition) is 3. The van der Waals surface area contributed by atoms with Gasteiger partial charge in [-0.25, -0.2) is 0 Å². The van der Waals surface area contributed by atoms with E-state index in [1.165, 1.54) is 0 Å². The lowest BCUT2D eigenvalue weighted by Gasteiger charge is -2.22. The molecule has 2 atom stereocenters. The van der Waals surface area contributed by atoms with E-state index in [1.807, 2.05) is 19.9 Å². The molecule has 0 aromatic carbocycles. The number of quaternary nitrogens is 1. The second-order valence-corrected chi connectivity index (χ2v) is 6.66. The summed E-state index contributed by atoms with van der Waals surface area (Å²) in [5.41, 5.74) is 2.91. The van der Waals surface area contributed by atoms with Crippen molar-refractivity contribution in [3.05, 3.63) is 23.0 Å². The van der Waals surface area contributed by atoms with E-state index in [4.69, 9.17) is 4.74 Å². The van der Waals surface area contributed by atoms with Crippen LogP contribution in [0.15, 0.2) is 6.07 Å². The molecular formula is C17H26N3O3+. The molecule has 0 saturated carbocycles. The Hall–Kier alpha value is -1.66. The molecule has 1 unspecified atom stereocenters. The lowest BCUT2D eigenvalue weighted by Crippen LogP contribution is -3.16. The van der Waals surface area contributed by atoms with Crippen molar-refractivity contribution in [2.75, 3.05) is 32.8 Å². The molecule has 2 fully saturated rings. The van der Waals surface area contributed by atoms with Gasteiger partial charge in [-0.2, -0.15) is 0 Å². The summed E-state index contributed by atoms with van der Waals surface area (Å²) in [5.74, 6) is 0.157. The molecule has 2 saturated heterocycles. The van der Waals surface area contributed by atoms with E-state index in [0.717, 1.165) is 54.4 Å². The van der Waals surface area contributed by atoms with Gasteiger partial charge in [-0.1, -0.05) is 0 Å². The minimum atomic E-state index is 0.0305. The van der Waals surface area contributed by atoms with Gasteiger partial charge in [0, 0.05) is 30.1 Å². The summed E-state index contributed by atoms with van der Waals surface area (Å²) < 4.78 is 7.91. The summed E-state index contributed by atoms with van der Waals surface area (Å²) in [5, 5.41) is 2.80. The number of carbonyl (C=O) groups is 2. The summed E-state index contributed by atoms with van der Waals surface area (Å²) in [6, 6.07) is 1.98. The zero-order valence-corrected chi connectivity index (χ0v) is 14.0. The maximum Gasteiger partial charge on any atom is 0.275 e. The van der Waals surface area contributed by atoms with E-state index in [9.17, 15) is 9.59 Å². The van der Waals surface area contributed by atoms with Crippen molar-refractivity contribution in [2.24, 2.45) is 0 Å². The maximum atomic E-state index is 12.6. The second-order valence-electron chi connectivity index (χ2n) is 6.66. The van der Waals surface area contributed by atoms with Crippen LogP contribution in [-0.2, 0) is 16.1 Å². The summed E-state index contributed by atoms with van der Waals surface area (Å²) in [6.07, 6.45) is 2.48. The first-order valence-corrected chi connectivity index (χ1v) is 8.46. The quantitative estimate of drug-likeness (QED) is 0.718. The van der Waals surface area contributed by atoms with Crippen LogP contribution in [0.2, 0.25) is 0 Å². The molecule has 2 N–H and O–H groups in total. The molecule has 3 rings (SSSR count). The third-order valence-electron chi connectivity index (χ3n) is 4.91. The number of nitrogens with one attached hydrogen (secondary N) is 2. The number of hydrogen-bond donors (Lipinski definition) is 2. The highest BCUT2D eigenvalue weighted by molar-refractivity contribution is 5.98. The molecule has 1 aromatic heterocycles. The number of carbonyl (C=O) groups excluding carboxylic acids is 2. The Morgan fingerprint density at radius 2 is 2.30 bits per heavy atom. The third kappa shape index (κ3) is 3.64. The Balaban J connectivity index is 1.69. The van der Waals surface area contributed by atoms with Crippen LogP contribution in [0, 0.1) is 13.8 Å². The molecular weight excluding hydrogens is 294 g/mol. The van der Waals surface area contributed by atoms with Gasteiger partial charge in [0.15, 0.2) is 6.54 Å². The molecule has 2 aliphatic heterocycles. The largest absolute Gasteiger partial charge is 0.376 e. The Morgan fingerprint density at radius 1 is 1.48 bits per heavy atom. The summed E-state index contributed by atoms with van der Waals surface area (Å²) in [7, 11) is 0. The first-order valence-electron chi connectivity index (χ1n) is 8.46. The number of rotatable bonds is 5. The molecule has 1 aromatic rings. The van der Waals surface area contributed by atoms with Gasteiger partial charge in [0.25, 0.3) is 5.91 Å². The highest BCUT2D eigenvalue weighted by Crippen LogP contribution is 2.20. The molecule has 0 bridgehead atoms. The second kappa shape index (κ2) is 6.84. The van der Waals surface area contributed by atoms with Gasteiger partial charge < -0.3 is 19.5 Å². The van der Waals surface area contributed by atoms with Gasteiger partial charge in [-0.3, -0.25) is 9.59 Å². The molecule has 0 radical (unpaired) electrons. The van der Waals surface area contributed by atoms with Crippen molar-refractivity contribution in [1.29, 1.82) is 0 Å². The number of piperazine rings is 1. The highest BCUT2D eigenvalue weighted by Gasteiger charge is 2.26. The zero-order valence-electron chi connectivity index (χ0n) is 14.0. The first-order chi connectivity index (χ1) is 11.0. The van der Waals surface area contributed by atoms with Gasteiger partial charge in [0.1, 0.15) is 6.54 Å². The third-order valence-corrected chi connectivity index (χ3v) is 4.91. The lowest BCUT2D eigenvalue weighted by molar-refractivity contribution is -0.884. The van der Waals surface area contributed by atoms with Crippen molar-refractivity contribution in [2.45, 2.75) is 39.3 Å². The first kappa shape index (κ1) is 16.2. The average molecular weight is 320 g/mol. The summed E-state index contributed by atoms with van der Waals surface area (Å²) >= 11 is 0. The van der Waals surface area contributed by atoms with Crippen LogP contribution in [0.1, 0.15) is 34.6 Å². The monoisotopic (exact) mass is 320 g/mol. The maximum absolute atomic E-state index is 12.6. The van der Waals surface area contributed by atoms with Crippen molar-refractivity contribution in [3.8, 4) is 0 Å². The Morgan fingerprint density at radius 3 is 3.00 bits per heavy atom. The van der Waals surface area contributed by atoms with E-state index in [-0.39, 0.29) is 17.8 Å². The summed E-state index contributed by atoms with van der Waals surface area (Å²) in [4.78, 5) is 25.1. The van der Waals surface area contributed by atoms with Gasteiger partial charge in [-0.15, -0.1) is 0 Å². The molecule has 1 amide bonds. The Labute approximate surface area is 136 Å². The fourth-order valence-electron chi connectivity index (χ4n) is 3.59. The Kier molecular flexibility index (Phi) is 4.82. The number of ketones is 1. The average Bonchev–Trinajstić information content (AvgIpc) is 3.11. The predicted molar refractivity (Wildman–Crippen MR) is 85.8 cm³/mol. The van der Waals surface area contributed by atoms with Crippen LogP contribution in [0.25, 0.3) is 0 Å². The number of amides is 1. The topological polar surface area (TPSA) is 64.8 Å². The number of Topliss-reactive ketones (excluding diaryl/α,β-unsaturated/α-hetero) is 1. The predicted octanol–water partition coefficient (Wildman–Crippen LogP) is -0.519. The SMILES string of the molecule is Cc1cc(C(=O)C[NH+]2CCNC(=O)C2)c(C)n1C[C@@H]1CCCO1. The normalized spacial score (nSPS) is 24.7. The van der Waals surface area contributed by atoms with Crippen LogP contribution in [0.5, 0.6) is 0 Å². The number of aryl methyl sites for hydroxylation is 1. The molecule has 126 valence electrons. The van der Waals surface area contributed by atoms with Gasteiger partial charge >= 0.3 is 0 Å². The molecule has 2 aliphatic rings. The van der Waals surface area contributed by atoms with Crippen LogP contribution in [0.4, 0.5) is 0 Å². The van der Waals surface area contributed by atoms with E-state index in [1.54, 1.807) is 0 Å². The van der Waals surface area contributed by atoms with Crippen LogP contribution in [-0.4, -0.2) is 55.1 Å². The molecule has 3 heterocycles. The van der Waals surface area contributed by atoms with E-state index in [0.29, 0.717) is 19.6 Å². The minimum Gasteiger partial charge on any atom is -0.376 e.